The third-order valence-electron chi connectivity index (χ3n) is 6.77. The van der Waals surface area contributed by atoms with Crippen LogP contribution in [0.15, 0.2) is 46.9 Å². The van der Waals surface area contributed by atoms with Gasteiger partial charge in [0, 0.05) is 5.56 Å². The van der Waals surface area contributed by atoms with Gasteiger partial charge in [0.25, 0.3) is 5.56 Å². The van der Waals surface area contributed by atoms with Gasteiger partial charge in [-0.3, -0.25) is 9.59 Å². The predicted octanol–water partition coefficient (Wildman–Crippen LogP) is 5.27. The molecule has 0 unspecified atom stereocenters. The second-order valence-corrected chi connectivity index (χ2v) is 9.45. The second kappa shape index (κ2) is 9.90. The van der Waals surface area contributed by atoms with Crippen molar-refractivity contribution in [2.24, 2.45) is 11.8 Å². The lowest BCUT2D eigenvalue weighted by Crippen LogP contribution is -2.30. The van der Waals surface area contributed by atoms with Crippen molar-refractivity contribution >= 4 is 5.78 Å². The van der Waals surface area contributed by atoms with E-state index in [1.165, 1.54) is 12.3 Å². The number of carbonyl (C=O) groups excluding carboxylic acids is 1. The predicted molar refractivity (Wildman–Crippen MR) is 124 cm³/mol. The monoisotopic (exact) mass is 441 g/mol. The minimum absolute atomic E-state index is 0.127. The Kier molecular flexibility index (Phi) is 7.44. The molecule has 0 spiro atoms. The minimum Gasteiger partial charge on any atom is -0.506 e. The molecule has 2 aliphatic rings. The van der Waals surface area contributed by atoms with Crippen LogP contribution in [0.2, 0.25) is 0 Å². The SMILES string of the molecule is CC[C@H](C)C[C@@H](C)/C=C(C)/C=C/C=C/C(=O)c1c(O)c(C23CCC(CC2)O3)cn(O)c1=O. The van der Waals surface area contributed by atoms with Gasteiger partial charge in [0.15, 0.2) is 5.78 Å². The van der Waals surface area contributed by atoms with Gasteiger partial charge in [-0.2, -0.15) is 4.73 Å². The Morgan fingerprint density at radius 1 is 1.28 bits per heavy atom. The summed E-state index contributed by atoms with van der Waals surface area (Å²) in [6.45, 7) is 8.64. The van der Waals surface area contributed by atoms with Gasteiger partial charge in [0.05, 0.1) is 17.9 Å². The Hall–Kier alpha value is -2.60. The molecule has 0 aliphatic carbocycles. The maximum Gasteiger partial charge on any atom is 0.297 e. The van der Waals surface area contributed by atoms with Crippen LogP contribution in [0.3, 0.4) is 0 Å². The number of hydrogen-bond donors (Lipinski definition) is 2. The molecule has 3 heterocycles. The van der Waals surface area contributed by atoms with Gasteiger partial charge in [-0.05, 0) is 56.9 Å². The molecule has 2 saturated heterocycles. The smallest absolute Gasteiger partial charge is 0.297 e. The number of aromatic hydroxyl groups is 1. The van der Waals surface area contributed by atoms with Crippen LogP contribution in [0.1, 0.15) is 82.1 Å². The molecule has 0 aromatic carbocycles. The number of aromatic nitrogens is 1. The standard InChI is InChI=1S/C26H35NO5/c1-5-17(2)14-19(4)15-18(3)8-6-7-9-22(28)23-24(29)21(16-27(31)25(23)30)26-12-10-20(32-26)11-13-26/h6-9,15-17,19-20,29,31H,5,10-14H2,1-4H3/b8-6+,9-7+,18-15+/t17-,19+,20?,26?/m0/s1. The van der Waals surface area contributed by atoms with E-state index in [0.717, 1.165) is 31.3 Å². The van der Waals surface area contributed by atoms with Crippen LogP contribution in [0.4, 0.5) is 0 Å². The molecule has 0 saturated carbocycles. The molecule has 1 aromatic rings. The largest absolute Gasteiger partial charge is 0.506 e. The van der Waals surface area contributed by atoms with Crippen molar-refractivity contribution in [2.75, 3.05) is 0 Å². The summed E-state index contributed by atoms with van der Waals surface area (Å²) in [5.74, 6) is 0.100. The summed E-state index contributed by atoms with van der Waals surface area (Å²) in [4.78, 5) is 25.1. The van der Waals surface area contributed by atoms with Gasteiger partial charge >= 0.3 is 0 Å². The summed E-state index contributed by atoms with van der Waals surface area (Å²) in [5.41, 5.74) is -0.713. The molecule has 2 aliphatic heterocycles. The molecule has 6 heteroatoms. The van der Waals surface area contributed by atoms with E-state index in [9.17, 15) is 19.9 Å². The topological polar surface area (TPSA) is 88.8 Å². The van der Waals surface area contributed by atoms with Crippen LogP contribution in [-0.4, -0.2) is 26.9 Å². The summed E-state index contributed by atoms with van der Waals surface area (Å²) in [5, 5.41) is 20.9. The van der Waals surface area contributed by atoms with E-state index < -0.39 is 28.3 Å². The Labute approximate surface area is 189 Å². The number of ether oxygens (including phenoxy) is 1. The average molecular weight is 442 g/mol. The molecule has 0 radical (unpaired) electrons. The second-order valence-electron chi connectivity index (χ2n) is 9.45. The quantitative estimate of drug-likeness (QED) is 0.236. The van der Waals surface area contributed by atoms with Crippen LogP contribution in [0, 0.1) is 11.8 Å². The van der Waals surface area contributed by atoms with Crippen LogP contribution in [0.5, 0.6) is 5.75 Å². The number of rotatable bonds is 9. The summed E-state index contributed by atoms with van der Waals surface area (Å²) in [7, 11) is 0. The first-order chi connectivity index (χ1) is 15.2. The minimum atomic E-state index is -0.941. The Morgan fingerprint density at radius 3 is 2.53 bits per heavy atom. The van der Waals surface area contributed by atoms with Crippen LogP contribution in [-0.2, 0) is 10.3 Å². The Balaban J connectivity index is 1.76. The van der Waals surface area contributed by atoms with Gasteiger partial charge in [0.2, 0.25) is 0 Å². The highest BCUT2D eigenvalue weighted by molar-refractivity contribution is 6.06. The molecule has 2 N–H and O–H groups in total. The summed E-state index contributed by atoms with van der Waals surface area (Å²) >= 11 is 0. The highest BCUT2D eigenvalue weighted by Crippen LogP contribution is 2.52. The highest BCUT2D eigenvalue weighted by Gasteiger charge is 2.49. The van der Waals surface area contributed by atoms with Crippen molar-refractivity contribution in [3.05, 3.63) is 63.6 Å². The molecule has 2 atom stereocenters. The first-order valence-electron chi connectivity index (χ1n) is 11.6. The van der Waals surface area contributed by atoms with Gasteiger partial charge in [-0.1, -0.05) is 57.1 Å². The van der Waals surface area contributed by atoms with Crippen LogP contribution >= 0.6 is 0 Å². The number of fused-ring (bicyclic) bond motifs is 2. The van der Waals surface area contributed by atoms with E-state index >= 15 is 0 Å². The molecule has 2 bridgehead atoms. The fraction of sp³-hybridized carbons (Fsp3) is 0.538. The number of nitrogens with zero attached hydrogens (tertiary/aromatic N) is 1. The first kappa shape index (κ1) is 24.1. The van der Waals surface area contributed by atoms with E-state index in [1.54, 1.807) is 12.2 Å². The molecular weight excluding hydrogens is 406 g/mol. The molecule has 6 nitrogen and oxygen atoms in total. The zero-order valence-corrected chi connectivity index (χ0v) is 19.5. The van der Waals surface area contributed by atoms with E-state index in [-0.39, 0.29) is 6.10 Å². The van der Waals surface area contributed by atoms with E-state index in [1.807, 2.05) is 13.0 Å². The van der Waals surface area contributed by atoms with Crippen molar-refractivity contribution in [2.45, 2.75) is 77.9 Å². The van der Waals surface area contributed by atoms with Crippen molar-refractivity contribution in [1.29, 1.82) is 0 Å². The summed E-state index contributed by atoms with van der Waals surface area (Å²) < 4.78 is 6.39. The van der Waals surface area contributed by atoms with E-state index in [2.05, 4.69) is 26.8 Å². The molecule has 32 heavy (non-hydrogen) atoms. The summed E-state index contributed by atoms with van der Waals surface area (Å²) in [6, 6.07) is 0. The van der Waals surface area contributed by atoms with E-state index in [4.69, 9.17) is 4.74 Å². The molecule has 3 rings (SSSR count). The zero-order chi connectivity index (χ0) is 23.5. The van der Waals surface area contributed by atoms with Gasteiger partial charge in [-0.15, -0.1) is 0 Å². The number of hydrogen-bond acceptors (Lipinski definition) is 5. The lowest BCUT2D eigenvalue weighted by molar-refractivity contribution is 0.00629. The van der Waals surface area contributed by atoms with Gasteiger partial charge < -0.3 is 15.1 Å². The van der Waals surface area contributed by atoms with Crippen molar-refractivity contribution in [1.82, 2.24) is 4.73 Å². The summed E-state index contributed by atoms with van der Waals surface area (Å²) in [6.07, 6.45) is 15.3. The van der Waals surface area contributed by atoms with Crippen molar-refractivity contribution < 1.29 is 19.8 Å². The molecule has 0 amide bonds. The maximum absolute atomic E-state index is 12.7. The molecular formula is C26H35NO5. The fourth-order valence-electron chi connectivity index (χ4n) is 4.90. The van der Waals surface area contributed by atoms with Gasteiger partial charge in [0.1, 0.15) is 11.3 Å². The van der Waals surface area contributed by atoms with Gasteiger partial charge in [-0.25, -0.2) is 0 Å². The number of allylic oxidation sites excluding steroid dienone is 6. The third kappa shape index (κ3) is 5.07. The first-order valence-corrected chi connectivity index (χ1v) is 11.6. The molecule has 1 aromatic heterocycles. The van der Waals surface area contributed by atoms with E-state index in [0.29, 0.717) is 35.0 Å². The fourth-order valence-corrected chi connectivity index (χ4v) is 4.90. The number of ketones is 1. The maximum atomic E-state index is 12.7. The Bertz CT molecular complexity index is 992. The number of pyridine rings is 1. The zero-order valence-electron chi connectivity index (χ0n) is 19.5. The Morgan fingerprint density at radius 2 is 1.94 bits per heavy atom. The van der Waals surface area contributed by atoms with Crippen LogP contribution < -0.4 is 5.56 Å². The third-order valence-corrected chi connectivity index (χ3v) is 6.77. The number of carbonyl (C=O) groups is 1. The molecule has 174 valence electrons. The normalized spacial score (nSPS) is 25.1. The van der Waals surface area contributed by atoms with Crippen LogP contribution in [0.25, 0.3) is 0 Å². The average Bonchev–Trinajstić information content (AvgIpc) is 3.36. The van der Waals surface area contributed by atoms with Crippen molar-refractivity contribution in [3.8, 4) is 5.75 Å². The highest BCUT2D eigenvalue weighted by atomic mass is 16.5. The molecule has 2 fully saturated rings. The lowest BCUT2D eigenvalue weighted by Gasteiger charge is -2.26. The van der Waals surface area contributed by atoms with Crippen molar-refractivity contribution in [3.63, 3.8) is 0 Å². The lowest BCUT2D eigenvalue weighted by atomic mass is 9.82.